The molecule has 0 aliphatic heterocycles. The van der Waals surface area contributed by atoms with Gasteiger partial charge in [-0.15, -0.1) is 0 Å². The predicted molar refractivity (Wildman–Crippen MR) is 89.1 cm³/mol. The van der Waals surface area contributed by atoms with Gasteiger partial charge in [-0.3, -0.25) is 4.68 Å². The molecule has 0 spiro atoms. The number of hydrogen-bond donors (Lipinski definition) is 1. The Morgan fingerprint density at radius 3 is 2.52 bits per heavy atom. The van der Waals surface area contributed by atoms with Crippen LogP contribution < -0.4 is 5.32 Å². The van der Waals surface area contributed by atoms with E-state index >= 15 is 0 Å². The van der Waals surface area contributed by atoms with Crippen molar-refractivity contribution in [1.82, 2.24) is 15.1 Å². The van der Waals surface area contributed by atoms with Crippen molar-refractivity contribution in [2.45, 2.75) is 39.3 Å². The quantitative estimate of drug-likeness (QED) is 0.812. The minimum Gasteiger partial charge on any atom is -0.308 e. The summed E-state index contributed by atoms with van der Waals surface area (Å²) in [5.41, 5.74) is 2.15. The Kier molecular flexibility index (Phi) is 6.09. The van der Waals surface area contributed by atoms with Crippen LogP contribution in [0.3, 0.4) is 0 Å². The van der Waals surface area contributed by atoms with Crippen LogP contribution in [0.25, 0.3) is 0 Å². The van der Waals surface area contributed by atoms with Crippen molar-refractivity contribution in [2.24, 2.45) is 0 Å². The molecule has 1 atom stereocenters. The number of rotatable bonds is 7. The average Bonchev–Trinajstić information content (AvgIpc) is 2.94. The van der Waals surface area contributed by atoms with Crippen LogP contribution in [0, 0.1) is 0 Å². The van der Waals surface area contributed by atoms with E-state index in [1.54, 1.807) is 0 Å². The maximum absolute atomic E-state index is 6.31. The van der Waals surface area contributed by atoms with Crippen LogP contribution in [0.2, 0.25) is 10.0 Å². The van der Waals surface area contributed by atoms with E-state index in [0.717, 1.165) is 31.5 Å². The molecule has 1 aromatic carbocycles. The van der Waals surface area contributed by atoms with Gasteiger partial charge in [0.25, 0.3) is 0 Å². The van der Waals surface area contributed by atoms with E-state index in [9.17, 15) is 0 Å². The van der Waals surface area contributed by atoms with E-state index in [-0.39, 0.29) is 6.04 Å². The zero-order valence-corrected chi connectivity index (χ0v) is 14.0. The van der Waals surface area contributed by atoms with Gasteiger partial charge in [0.05, 0.1) is 11.7 Å². The first-order chi connectivity index (χ1) is 10.2. The zero-order chi connectivity index (χ0) is 15.2. The van der Waals surface area contributed by atoms with Gasteiger partial charge in [0.15, 0.2) is 0 Å². The SMILES string of the molecule is CCCNC(Cc1c(Cl)cccc1Cl)c1ccnn1CC. The highest BCUT2D eigenvalue weighted by molar-refractivity contribution is 6.36. The molecule has 0 aliphatic carbocycles. The van der Waals surface area contributed by atoms with Gasteiger partial charge in [0.1, 0.15) is 0 Å². The molecule has 1 unspecified atom stereocenters. The summed E-state index contributed by atoms with van der Waals surface area (Å²) >= 11 is 12.6. The summed E-state index contributed by atoms with van der Waals surface area (Å²) in [5.74, 6) is 0. The number of nitrogens with one attached hydrogen (secondary N) is 1. The molecule has 1 heterocycles. The number of nitrogens with zero attached hydrogens (tertiary/aromatic N) is 2. The second kappa shape index (κ2) is 7.83. The van der Waals surface area contributed by atoms with Crippen LogP contribution in [-0.4, -0.2) is 16.3 Å². The molecular formula is C16H21Cl2N3. The fourth-order valence-electron chi connectivity index (χ4n) is 2.43. The van der Waals surface area contributed by atoms with Crippen LogP contribution in [-0.2, 0) is 13.0 Å². The first-order valence-electron chi connectivity index (χ1n) is 7.35. The first kappa shape index (κ1) is 16.3. The van der Waals surface area contributed by atoms with E-state index in [0.29, 0.717) is 10.0 Å². The van der Waals surface area contributed by atoms with E-state index in [1.165, 1.54) is 5.69 Å². The van der Waals surface area contributed by atoms with Crippen LogP contribution >= 0.6 is 23.2 Å². The Hall–Kier alpha value is -1.03. The topological polar surface area (TPSA) is 29.9 Å². The van der Waals surface area contributed by atoms with E-state index in [4.69, 9.17) is 23.2 Å². The number of benzene rings is 1. The molecule has 0 aliphatic rings. The standard InChI is InChI=1S/C16H21Cl2N3/c1-3-9-19-15(16-8-10-20-21(16)4-2)11-12-13(17)6-5-7-14(12)18/h5-8,10,15,19H,3-4,9,11H2,1-2H3. The van der Waals surface area contributed by atoms with Crippen LogP contribution in [0.15, 0.2) is 30.5 Å². The third-order valence-corrected chi connectivity index (χ3v) is 4.22. The molecular weight excluding hydrogens is 305 g/mol. The Morgan fingerprint density at radius 1 is 1.19 bits per heavy atom. The molecule has 0 amide bonds. The highest BCUT2D eigenvalue weighted by Crippen LogP contribution is 2.29. The molecule has 114 valence electrons. The summed E-state index contributed by atoms with van der Waals surface area (Å²) < 4.78 is 2.01. The first-order valence-corrected chi connectivity index (χ1v) is 8.10. The lowest BCUT2D eigenvalue weighted by Gasteiger charge is -2.21. The molecule has 0 saturated carbocycles. The van der Waals surface area contributed by atoms with Crippen LogP contribution in [0.4, 0.5) is 0 Å². The Labute approximate surface area is 136 Å². The Morgan fingerprint density at radius 2 is 1.90 bits per heavy atom. The summed E-state index contributed by atoms with van der Waals surface area (Å²) in [6.07, 6.45) is 3.67. The maximum Gasteiger partial charge on any atom is 0.0556 e. The van der Waals surface area contributed by atoms with Crippen molar-refractivity contribution >= 4 is 23.2 Å². The number of aryl methyl sites for hydroxylation is 1. The van der Waals surface area contributed by atoms with Crippen molar-refractivity contribution in [3.05, 3.63) is 51.8 Å². The summed E-state index contributed by atoms with van der Waals surface area (Å²) in [6.45, 7) is 6.05. The Balaban J connectivity index is 2.28. The third kappa shape index (κ3) is 4.00. The summed E-state index contributed by atoms with van der Waals surface area (Å²) in [4.78, 5) is 0. The lowest BCUT2D eigenvalue weighted by atomic mass is 10.0. The molecule has 21 heavy (non-hydrogen) atoms. The van der Waals surface area contributed by atoms with Crippen molar-refractivity contribution in [3.8, 4) is 0 Å². The molecule has 0 saturated heterocycles. The minimum absolute atomic E-state index is 0.157. The molecule has 1 aromatic heterocycles. The lowest BCUT2D eigenvalue weighted by Crippen LogP contribution is -2.26. The molecule has 0 radical (unpaired) electrons. The molecule has 0 bridgehead atoms. The smallest absolute Gasteiger partial charge is 0.0556 e. The van der Waals surface area contributed by atoms with Gasteiger partial charge >= 0.3 is 0 Å². The van der Waals surface area contributed by atoms with Crippen molar-refractivity contribution in [3.63, 3.8) is 0 Å². The summed E-state index contributed by atoms with van der Waals surface area (Å²) in [6, 6.07) is 7.86. The average molecular weight is 326 g/mol. The van der Waals surface area contributed by atoms with E-state index in [1.807, 2.05) is 29.1 Å². The third-order valence-electron chi connectivity index (χ3n) is 3.52. The largest absolute Gasteiger partial charge is 0.308 e. The van der Waals surface area contributed by atoms with Gasteiger partial charge in [-0.2, -0.15) is 5.10 Å². The second-order valence-electron chi connectivity index (χ2n) is 4.98. The Bertz CT molecular complexity index is 560. The monoisotopic (exact) mass is 325 g/mol. The second-order valence-corrected chi connectivity index (χ2v) is 5.80. The zero-order valence-electron chi connectivity index (χ0n) is 12.4. The molecule has 2 rings (SSSR count). The number of aromatic nitrogens is 2. The molecule has 3 nitrogen and oxygen atoms in total. The minimum atomic E-state index is 0.157. The predicted octanol–water partition coefficient (Wildman–Crippen LogP) is 4.49. The van der Waals surface area contributed by atoms with Crippen molar-refractivity contribution in [2.75, 3.05) is 6.54 Å². The lowest BCUT2D eigenvalue weighted by molar-refractivity contribution is 0.479. The molecule has 5 heteroatoms. The summed E-state index contributed by atoms with van der Waals surface area (Å²) in [7, 11) is 0. The molecule has 2 aromatic rings. The van der Waals surface area contributed by atoms with Crippen LogP contribution in [0.1, 0.15) is 37.6 Å². The highest BCUT2D eigenvalue weighted by atomic mass is 35.5. The van der Waals surface area contributed by atoms with Crippen molar-refractivity contribution < 1.29 is 0 Å². The summed E-state index contributed by atoms with van der Waals surface area (Å²) in [5, 5.41) is 9.36. The van der Waals surface area contributed by atoms with Gasteiger partial charge in [0.2, 0.25) is 0 Å². The van der Waals surface area contributed by atoms with Gasteiger partial charge in [-0.1, -0.05) is 36.2 Å². The number of hydrogen-bond acceptors (Lipinski definition) is 2. The van der Waals surface area contributed by atoms with Gasteiger partial charge in [0, 0.05) is 22.8 Å². The van der Waals surface area contributed by atoms with Gasteiger partial charge in [-0.05, 0) is 50.1 Å². The molecule has 0 fully saturated rings. The van der Waals surface area contributed by atoms with Crippen molar-refractivity contribution in [1.29, 1.82) is 0 Å². The van der Waals surface area contributed by atoms with Gasteiger partial charge in [-0.25, -0.2) is 0 Å². The fourth-order valence-corrected chi connectivity index (χ4v) is 2.99. The normalized spacial score (nSPS) is 12.6. The maximum atomic E-state index is 6.31. The highest BCUT2D eigenvalue weighted by Gasteiger charge is 2.18. The van der Waals surface area contributed by atoms with Crippen LogP contribution in [0.5, 0.6) is 0 Å². The van der Waals surface area contributed by atoms with E-state index in [2.05, 4.69) is 30.3 Å². The number of halogens is 2. The van der Waals surface area contributed by atoms with Gasteiger partial charge < -0.3 is 5.32 Å². The fraction of sp³-hybridized carbons (Fsp3) is 0.438. The molecule has 1 N–H and O–H groups in total. The van der Waals surface area contributed by atoms with E-state index < -0.39 is 0 Å².